The monoisotopic (exact) mass is 355 g/mol. The summed E-state index contributed by atoms with van der Waals surface area (Å²) in [5, 5.41) is 9.88. The number of hydrogen-bond acceptors (Lipinski definition) is 4. The lowest BCUT2D eigenvalue weighted by Crippen LogP contribution is -2.34. The van der Waals surface area contributed by atoms with Gasteiger partial charge < -0.3 is 16.4 Å². The summed E-state index contributed by atoms with van der Waals surface area (Å²) in [6, 6.07) is 8.62. The normalized spacial score (nSPS) is 21.0. The number of benzene rings is 1. The molecule has 0 radical (unpaired) electrons. The molecule has 0 aliphatic heterocycles. The highest BCUT2D eigenvalue weighted by Gasteiger charge is 2.25. The molecule has 1 aromatic carbocycles. The second-order valence-electron chi connectivity index (χ2n) is 6.84. The van der Waals surface area contributed by atoms with Gasteiger partial charge in [-0.3, -0.25) is 14.3 Å². The molecule has 2 amide bonds. The van der Waals surface area contributed by atoms with Crippen LogP contribution in [0.15, 0.2) is 42.7 Å². The summed E-state index contributed by atoms with van der Waals surface area (Å²) in [5.41, 5.74) is 7.27. The number of nitrogens with zero attached hydrogens (tertiary/aromatic N) is 2. The van der Waals surface area contributed by atoms with Crippen molar-refractivity contribution in [3.05, 3.63) is 42.7 Å². The van der Waals surface area contributed by atoms with E-state index in [2.05, 4.69) is 15.7 Å². The average Bonchev–Trinajstić information content (AvgIpc) is 3.16. The van der Waals surface area contributed by atoms with Gasteiger partial charge in [0, 0.05) is 35.7 Å². The van der Waals surface area contributed by atoms with Gasteiger partial charge in [-0.15, -0.1) is 0 Å². The van der Waals surface area contributed by atoms with Crippen LogP contribution in [-0.2, 0) is 9.59 Å². The standard InChI is InChI=1S/C19H25N5O2/c1-13(24-10-4-9-21-24)18(25)22-16-7-3-8-17(12-16)23-19(26)14-5-2-6-15(20)11-14/h3-4,7-10,12-15H,2,5-6,11,20H2,1H3,(H,22,25)(H,23,26). The predicted octanol–water partition coefficient (Wildman–Crippen LogP) is 2.54. The van der Waals surface area contributed by atoms with Crippen LogP contribution in [0.3, 0.4) is 0 Å². The smallest absolute Gasteiger partial charge is 0.248 e. The number of rotatable bonds is 5. The topological polar surface area (TPSA) is 102 Å². The highest BCUT2D eigenvalue weighted by atomic mass is 16.2. The Bertz CT molecular complexity index is 759. The largest absolute Gasteiger partial charge is 0.328 e. The molecule has 138 valence electrons. The highest BCUT2D eigenvalue weighted by molar-refractivity contribution is 5.96. The Hall–Kier alpha value is -2.67. The molecule has 1 heterocycles. The van der Waals surface area contributed by atoms with E-state index >= 15 is 0 Å². The first-order valence-corrected chi connectivity index (χ1v) is 8.99. The first-order chi connectivity index (χ1) is 12.5. The van der Waals surface area contributed by atoms with Crippen molar-refractivity contribution in [2.24, 2.45) is 11.7 Å². The molecule has 3 rings (SSSR count). The number of anilines is 2. The second-order valence-corrected chi connectivity index (χ2v) is 6.84. The van der Waals surface area contributed by atoms with Gasteiger partial charge in [0.05, 0.1) is 0 Å². The van der Waals surface area contributed by atoms with E-state index in [1.165, 1.54) is 0 Å². The third-order valence-electron chi connectivity index (χ3n) is 4.78. The van der Waals surface area contributed by atoms with Gasteiger partial charge in [0.1, 0.15) is 6.04 Å². The fraction of sp³-hybridized carbons (Fsp3) is 0.421. The van der Waals surface area contributed by atoms with Crippen LogP contribution in [-0.4, -0.2) is 27.6 Å². The molecule has 0 saturated heterocycles. The molecule has 1 aliphatic rings. The van der Waals surface area contributed by atoms with E-state index in [9.17, 15) is 9.59 Å². The minimum Gasteiger partial charge on any atom is -0.328 e. The number of hydrogen-bond donors (Lipinski definition) is 3. The molecule has 4 N–H and O–H groups in total. The number of nitrogens with two attached hydrogens (primary N) is 1. The van der Waals surface area contributed by atoms with Gasteiger partial charge in [-0.25, -0.2) is 0 Å². The molecule has 26 heavy (non-hydrogen) atoms. The Morgan fingerprint density at radius 2 is 2.00 bits per heavy atom. The van der Waals surface area contributed by atoms with E-state index in [0.29, 0.717) is 11.4 Å². The third kappa shape index (κ3) is 4.49. The molecule has 1 saturated carbocycles. The zero-order valence-corrected chi connectivity index (χ0v) is 14.9. The van der Waals surface area contributed by atoms with Crippen molar-refractivity contribution >= 4 is 23.2 Å². The minimum atomic E-state index is -0.424. The molecule has 0 spiro atoms. The summed E-state index contributed by atoms with van der Waals surface area (Å²) < 4.78 is 1.59. The summed E-state index contributed by atoms with van der Waals surface area (Å²) in [7, 11) is 0. The van der Waals surface area contributed by atoms with Gasteiger partial charge in [-0.1, -0.05) is 12.5 Å². The molecular formula is C19H25N5O2. The number of aromatic nitrogens is 2. The van der Waals surface area contributed by atoms with E-state index in [-0.39, 0.29) is 23.8 Å². The zero-order valence-electron chi connectivity index (χ0n) is 14.9. The van der Waals surface area contributed by atoms with E-state index < -0.39 is 6.04 Å². The quantitative estimate of drug-likeness (QED) is 0.767. The van der Waals surface area contributed by atoms with Crippen molar-refractivity contribution in [3.63, 3.8) is 0 Å². The minimum absolute atomic E-state index is 0.00599. The molecule has 0 bridgehead atoms. The molecule has 7 nitrogen and oxygen atoms in total. The summed E-state index contributed by atoms with van der Waals surface area (Å²) in [5.74, 6) is -0.221. The predicted molar refractivity (Wildman–Crippen MR) is 101 cm³/mol. The molecule has 2 aromatic rings. The summed E-state index contributed by atoms with van der Waals surface area (Å²) in [4.78, 5) is 24.8. The fourth-order valence-electron chi connectivity index (χ4n) is 3.26. The van der Waals surface area contributed by atoms with Gasteiger partial charge in [-0.05, 0) is 50.5 Å². The van der Waals surface area contributed by atoms with Gasteiger partial charge >= 0.3 is 0 Å². The lowest BCUT2D eigenvalue weighted by atomic mass is 9.85. The van der Waals surface area contributed by atoms with Crippen molar-refractivity contribution in [1.29, 1.82) is 0 Å². The summed E-state index contributed by atoms with van der Waals surface area (Å²) in [6.07, 6.45) is 6.95. The molecule has 7 heteroatoms. The summed E-state index contributed by atoms with van der Waals surface area (Å²) in [6.45, 7) is 1.78. The molecule has 1 fully saturated rings. The van der Waals surface area contributed by atoms with Crippen LogP contribution in [0, 0.1) is 5.92 Å². The molecular weight excluding hydrogens is 330 g/mol. The Morgan fingerprint density at radius 3 is 2.69 bits per heavy atom. The first kappa shape index (κ1) is 18.1. The van der Waals surface area contributed by atoms with E-state index in [1.807, 2.05) is 6.07 Å². The lowest BCUT2D eigenvalue weighted by molar-refractivity contribution is -0.121. The molecule has 3 atom stereocenters. The van der Waals surface area contributed by atoms with Crippen LogP contribution in [0.5, 0.6) is 0 Å². The SMILES string of the molecule is CC(C(=O)Nc1cccc(NC(=O)C2CCCC(N)C2)c1)n1cccn1. The van der Waals surface area contributed by atoms with Crippen LogP contribution < -0.4 is 16.4 Å². The van der Waals surface area contributed by atoms with E-state index in [1.54, 1.807) is 48.3 Å². The number of carbonyl (C=O) groups excluding carboxylic acids is 2. The number of amides is 2. The van der Waals surface area contributed by atoms with Gasteiger partial charge in [-0.2, -0.15) is 5.10 Å². The maximum absolute atomic E-state index is 12.4. The fourth-order valence-corrected chi connectivity index (χ4v) is 3.26. The third-order valence-corrected chi connectivity index (χ3v) is 4.78. The molecule has 1 aromatic heterocycles. The molecule has 1 aliphatic carbocycles. The van der Waals surface area contributed by atoms with Crippen LogP contribution in [0.1, 0.15) is 38.6 Å². The van der Waals surface area contributed by atoms with Crippen LogP contribution in [0.25, 0.3) is 0 Å². The van der Waals surface area contributed by atoms with Gasteiger partial charge in [0.25, 0.3) is 0 Å². The lowest BCUT2D eigenvalue weighted by Gasteiger charge is -2.25. The van der Waals surface area contributed by atoms with Crippen molar-refractivity contribution in [3.8, 4) is 0 Å². The highest BCUT2D eigenvalue weighted by Crippen LogP contribution is 2.25. The second kappa shape index (κ2) is 8.14. The number of carbonyl (C=O) groups is 2. The van der Waals surface area contributed by atoms with Gasteiger partial charge in [0.15, 0.2) is 0 Å². The van der Waals surface area contributed by atoms with E-state index in [4.69, 9.17) is 5.73 Å². The zero-order chi connectivity index (χ0) is 18.5. The van der Waals surface area contributed by atoms with Crippen molar-refractivity contribution in [2.75, 3.05) is 10.6 Å². The summed E-state index contributed by atoms with van der Waals surface area (Å²) >= 11 is 0. The Morgan fingerprint density at radius 1 is 1.23 bits per heavy atom. The number of nitrogens with one attached hydrogen (secondary N) is 2. The van der Waals surface area contributed by atoms with Crippen molar-refractivity contribution in [1.82, 2.24) is 9.78 Å². The van der Waals surface area contributed by atoms with Crippen LogP contribution >= 0.6 is 0 Å². The maximum Gasteiger partial charge on any atom is 0.248 e. The first-order valence-electron chi connectivity index (χ1n) is 8.99. The average molecular weight is 355 g/mol. The molecule has 3 unspecified atom stereocenters. The van der Waals surface area contributed by atoms with Crippen LogP contribution in [0.2, 0.25) is 0 Å². The van der Waals surface area contributed by atoms with Crippen molar-refractivity contribution < 1.29 is 9.59 Å². The van der Waals surface area contributed by atoms with E-state index in [0.717, 1.165) is 25.7 Å². The van der Waals surface area contributed by atoms with Crippen LogP contribution in [0.4, 0.5) is 11.4 Å². The Labute approximate surface area is 153 Å². The maximum atomic E-state index is 12.4. The van der Waals surface area contributed by atoms with Gasteiger partial charge in [0.2, 0.25) is 11.8 Å². The Balaban J connectivity index is 1.61. The van der Waals surface area contributed by atoms with Crippen molar-refractivity contribution in [2.45, 2.75) is 44.7 Å². The Kier molecular flexibility index (Phi) is 5.68.